The normalized spacial score (nSPS) is 11.8. The van der Waals surface area contributed by atoms with Gasteiger partial charge in [0.2, 0.25) is 5.88 Å². The Labute approximate surface area is 98.0 Å². The van der Waals surface area contributed by atoms with Gasteiger partial charge in [0.25, 0.3) is 6.43 Å². The molecule has 102 valence electrons. The van der Waals surface area contributed by atoms with E-state index < -0.39 is 36.7 Å². The van der Waals surface area contributed by atoms with Crippen LogP contribution >= 0.6 is 0 Å². The van der Waals surface area contributed by atoms with Crippen molar-refractivity contribution in [3.8, 4) is 11.6 Å². The number of aliphatic hydroxyl groups is 1. The maximum absolute atomic E-state index is 12.6. The lowest BCUT2D eigenvalue weighted by atomic mass is 10.2. The summed E-state index contributed by atoms with van der Waals surface area (Å²) in [5.74, 6) is -1.55. The summed E-state index contributed by atoms with van der Waals surface area (Å²) in [5, 5.41) is 8.89. The van der Waals surface area contributed by atoms with Crippen LogP contribution in [0.4, 0.5) is 22.0 Å². The molecule has 1 aromatic heterocycles. The predicted molar refractivity (Wildman–Crippen MR) is 48.4 cm³/mol. The minimum absolute atomic E-state index is 0.276. The third-order valence-corrected chi connectivity index (χ3v) is 1.85. The lowest BCUT2D eigenvalue weighted by Crippen LogP contribution is -2.18. The topological polar surface area (TPSA) is 51.6 Å². The number of pyridine rings is 1. The molecule has 0 atom stereocenters. The van der Waals surface area contributed by atoms with Gasteiger partial charge in [-0.25, -0.2) is 13.8 Å². The van der Waals surface area contributed by atoms with Crippen molar-refractivity contribution in [2.75, 3.05) is 7.11 Å². The third-order valence-electron chi connectivity index (χ3n) is 1.85. The molecule has 0 fully saturated rings. The fourth-order valence-corrected chi connectivity index (χ4v) is 1.25. The first-order valence-electron chi connectivity index (χ1n) is 4.51. The highest BCUT2D eigenvalue weighted by atomic mass is 19.4. The molecule has 0 saturated heterocycles. The van der Waals surface area contributed by atoms with Crippen LogP contribution in [-0.2, 0) is 6.61 Å². The first kappa shape index (κ1) is 14.4. The number of hydrogen-bond donors (Lipinski definition) is 1. The zero-order chi connectivity index (χ0) is 13.9. The van der Waals surface area contributed by atoms with Crippen LogP contribution in [0.15, 0.2) is 6.07 Å². The van der Waals surface area contributed by atoms with Gasteiger partial charge in [-0.15, -0.1) is 13.2 Å². The van der Waals surface area contributed by atoms with E-state index in [0.29, 0.717) is 6.07 Å². The number of alkyl halides is 5. The SMILES string of the molecule is COc1c(CO)cc(OC(F)(F)F)nc1C(F)F. The maximum Gasteiger partial charge on any atom is 0.574 e. The minimum atomic E-state index is -5.06. The molecule has 0 radical (unpaired) electrons. The molecular weight excluding hydrogens is 265 g/mol. The van der Waals surface area contributed by atoms with Gasteiger partial charge in [0.05, 0.1) is 13.7 Å². The average Bonchev–Trinajstić information content (AvgIpc) is 2.25. The molecule has 0 amide bonds. The van der Waals surface area contributed by atoms with E-state index >= 15 is 0 Å². The zero-order valence-electron chi connectivity index (χ0n) is 8.96. The molecule has 0 saturated carbocycles. The molecule has 0 aliphatic heterocycles. The van der Waals surface area contributed by atoms with Gasteiger partial charge in [-0.3, -0.25) is 0 Å². The van der Waals surface area contributed by atoms with Gasteiger partial charge in [0.1, 0.15) is 0 Å². The summed E-state index contributed by atoms with van der Waals surface area (Å²) < 4.78 is 69.0. The highest BCUT2D eigenvalue weighted by Crippen LogP contribution is 2.34. The van der Waals surface area contributed by atoms with Crippen molar-refractivity contribution < 1.29 is 36.5 Å². The predicted octanol–water partition coefficient (Wildman–Crippen LogP) is 2.42. The summed E-state index contributed by atoms with van der Waals surface area (Å²) in [5.41, 5.74) is -1.30. The van der Waals surface area contributed by atoms with Gasteiger partial charge >= 0.3 is 6.36 Å². The molecule has 18 heavy (non-hydrogen) atoms. The lowest BCUT2D eigenvalue weighted by Gasteiger charge is -2.14. The number of halogens is 5. The van der Waals surface area contributed by atoms with E-state index in [1.807, 2.05) is 0 Å². The number of hydrogen-bond acceptors (Lipinski definition) is 4. The van der Waals surface area contributed by atoms with Crippen LogP contribution in [0, 0.1) is 0 Å². The monoisotopic (exact) mass is 273 g/mol. The Kier molecular flexibility index (Phi) is 4.28. The van der Waals surface area contributed by atoms with Crippen LogP contribution in [0.3, 0.4) is 0 Å². The number of aromatic nitrogens is 1. The summed E-state index contributed by atoms with van der Waals surface area (Å²) in [7, 11) is 1.03. The number of aliphatic hydroxyl groups excluding tert-OH is 1. The second kappa shape index (κ2) is 5.34. The first-order valence-corrected chi connectivity index (χ1v) is 4.51. The summed E-state index contributed by atoms with van der Waals surface area (Å²) in [4.78, 5) is 3.01. The van der Waals surface area contributed by atoms with E-state index in [2.05, 4.69) is 14.5 Å². The fourth-order valence-electron chi connectivity index (χ4n) is 1.25. The quantitative estimate of drug-likeness (QED) is 0.856. The summed E-state index contributed by atoms with van der Waals surface area (Å²) >= 11 is 0. The number of methoxy groups -OCH3 is 1. The smallest absolute Gasteiger partial charge is 0.494 e. The molecule has 0 bridgehead atoms. The lowest BCUT2D eigenvalue weighted by molar-refractivity contribution is -0.276. The van der Waals surface area contributed by atoms with E-state index in [1.165, 1.54) is 0 Å². The molecule has 0 aliphatic rings. The molecule has 1 N–H and O–H groups in total. The van der Waals surface area contributed by atoms with Crippen molar-refractivity contribution in [1.29, 1.82) is 0 Å². The molecule has 0 unspecified atom stereocenters. The molecule has 0 spiro atoms. The van der Waals surface area contributed by atoms with Crippen molar-refractivity contribution in [3.63, 3.8) is 0 Å². The van der Waals surface area contributed by atoms with Gasteiger partial charge in [-0.05, 0) is 0 Å². The van der Waals surface area contributed by atoms with Crippen LogP contribution in [0.2, 0.25) is 0 Å². The fraction of sp³-hybridized carbons (Fsp3) is 0.444. The van der Waals surface area contributed by atoms with Crippen LogP contribution in [0.25, 0.3) is 0 Å². The van der Waals surface area contributed by atoms with E-state index in [0.717, 1.165) is 7.11 Å². The molecule has 1 aromatic rings. The van der Waals surface area contributed by atoms with Gasteiger partial charge in [-0.1, -0.05) is 0 Å². The van der Waals surface area contributed by atoms with E-state index in [4.69, 9.17) is 5.11 Å². The van der Waals surface area contributed by atoms with Gasteiger partial charge in [-0.2, -0.15) is 0 Å². The summed E-state index contributed by atoms with van der Waals surface area (Å²) in [6.45, 7) is -0.792. The van der Waals surface area contributed by atoms with Crippen molar-refractivity contribution in [2.45, 2.75) is 19.4 Å². The van der Waals surface area contributed by atoms with Gasteiger partial charge in [0, 0.05) is 11.6 Å². The van der Waals surface area contributed by atoms with E-state index in [1.54, 1.807) is 0 Å². The largest absolute Gasteiger partial charge is 0.574 e. The standard InChI is InChI=1S/C9H8F5NO3/c1-17-7-4(3-16)2-5(18-9(12,13)14)15-6(7)8(10)11/h2,8,16H,3H2,1H3. The Morgan fingerprint density at radius 1 is 1.39 bits per heavy atom. The Bertz CT molecular complexity index is 421. The highest BCUT2D eigenvalue weighted by Gasteiger charge is 2.33. The van der Waals surface area contributed by atoms with E-state index in [-0.39, 0.29) is 5.56 Å². The highest BCUT2D eigenvalue weighted by molar-refractivity contribution is 5.41. The molecule has 4 nitrogen and oxygen atoms in total. The Hall–Kier alpha value is -1.64. The molecule has 1 rings (SSSR count). The van der Waals surface area contributed by atoms with Crippen LogP contribution in [0.5, 0.6) is 11.6 Å². The third kappa shape index (κ3) is 3.42. The van der Waals surface area contributed by atoms with Crippen LogP contribution < -0.4 is 9.47 Å². The second-order valence-corrected chi connectivity index (χ2v) is 3.04. The van der Waals surface area contributed by atoms with Crippen LogP contribution in [-0.4, -0.2) is 23.6 Å². The molecule has 0 aliphatic carbocycles. The van der Waals surface area contributed by atoms with Crippen molar-refractivity contribution in [2.24, 2.45) is 0 Å². The average molecular weight is 273 g/mol. The van der Waals surface area contributed by atoms with Gasteiger partial charge < -0.3 is 14.6 Å². The molecule has 9 heteroatoms. The summed E-state index contributed by atoms with van der Waals surface area (Å²) in [6.07, 6.45) is -8.23. The Morgan fingerprint density at radius 3 is 2.39 bits per heavy atom. The first-order chi connectivity index (χ1) is 8.28. The Balaban J connectivity index is 3.27. The van der Waals surface area contributed by atoms with E-state index in [9.17, 15) is 22.0 Å². The molecule has 1 heterocycles. The van der Waals surface area contributed by atoms with Crippen molar-refractivity contribution in [3.05, 3.63) is 17.3 Å². The second-order valence-electron chi connectivity index (χ2n) is 3.04. The van der Waals surface area contributed by atoms with Crippen LogP contribution in [0.1, 0.15) is 17.7 Å². The maximum atomic E-state index is 12.6. The molecular formula is C9H8F5NO3. The molecule has 0 aromatic carbocycles. The minimum Gasteiger partial charge on any atom is -0.494 e. The van der Waals surface area contributed by atoms with Gasteiger partial charge in [0.15, 0.2) is 11.4 Å². The van der Waals surface area contributed by atoms with Crippen molar-refractivity contribution in [1.82, 2.24) is 4.98 Å². The number of nitrogens with zero attached hydrogens (tertiary/aromatic N) is 1. The van der Waals surface area contributed by atoms with Crippen molar-refractivity contribution >= 4 is 0 Å². The summed E-state index contributed by atoms with van der Waals surface area (Å²) in [6, 6.07) is 0.679. The Morgan fingerprint density at radius 2 is 2.00 bits per heavy atom. The number of rotatable bonds is 4. The number of ether oxygens (including phenoxy) is 2. The zero-order valence-corrected chi connectivity index (χ0v) is 8.96.